The summed E-state index contributed by atoms with van der Waals surface area (Å²) in [5.74, 6) is -1.12. The van der Waals surface area contributed by atoms with Gasteiger partial charge in [-0.2, -0.15) is 0 Å². The van der Waals surface area contributed by atoms with E-state index >= 15 is 0 Å². The van der Waals surface area contributed by atoms with Gasteiger partial charge >= 0.3 is 12.0 Å². The number of hydroxylamine groups is 1. The Morgan fingerprint density at radius 1 is 1.46 bits per heavy atom. The highest BCUT2D eigenvalue weighted by molar-refractivity contribution is 5.73. The molecule has 0 spiro atoms. The second-order valence-electron chi connectivity index (χ2n) is 2.89. The van der Waals surface area contributed by atoms with Crippen LogP contribution in [0.25, 0.3) is 0 Å². The van der Waals surface area contributed by atoms with Gasteiger partial charge in [-0.25, -0.2) is 15.1 Å². The van der Waals surface area contributed by atoms with Crippen molar-refractivity contribution in [2.45, 2.75) is 25.3 Å². The van der Waals surface area contributed by atoms with Gasteiger partial charge in [0.25, 0.3) is 0 Å². The van der Waals surface area contributed by atoms with E-state index in [1.807, 2.05) is 5.48 Å². The number of carboxylic acid groups (broad SMARTS) is 1. The summed E-state index contributed by atoms with van der Waals surface area (Å²) in [5.41, 5.74) is 1.98. The number of carbonyl (C=O) groups excluding carboxylic acids is 1. The Morgan fingerprint density at radius 3 is 2.62 bits per heavy atom. The smallest absolute Gasteiger partial charge is 0.338 e. The quantitative estimate of drug-likeness (QED) is 0.535. The number of aliphatic carboxylic acids is 1. The van der Waals surface area contributed by atoms with E-state index < -0.39 is 18.6 Å². The molecule has 0 atom stereocenters. The predicted molar refractivity (Wildman–Crippen MR) is 42.9 cm³/mol. The fourth-order valence-corrected chi connectivity index (χ4v) is 0.931. The van der Waals surface area contributed by atoms with E-state index in [-0.39, 0.29) is 6.04 Å². The molecule has 0 bridgehead atoms. The van der Waals surface area contributed by atoms with Gasteiger partial charge in [-0.05, 0) is 19.3 Å². The van der Waals surface area contributed by atoms with Crippen molar-refractivity contribution in [2.75, 3.05) is 6.61 Å². The van der Waals surface area contributed by atoms with E-state index in [2.05, 4.69) is 10.2 Å². The molecule has 3 N–H and O–H groups in total. The van der Waals surface area contributed by atoms with Crippen LogP contribution in [0.3, 0.4) is 0 Å². The molecule has 1 fully saturated rings. The average molecular weight is 188 g/mol. The van der Waals surface area contributed by atoms with Crippen LogP contribution in [0.2, 0.25) is 0 Å². The van der Waals surface area contributed by atoms with Gasteiger partial charge in [0, 0.05) is 6.04 Å². The number of amides is 2. The number of urea groups is 1. The first-order valence-electron chi connectivity index (χ1n) is 4.08. The molecule has 2 amide bonds. The van der Waals surface area contributed by atoms with Gasteiger partial charge in [0.1, 0.15) is 0 Å². The van der Waals surface area contributed by atoms with Crippen molar-refractivity contribution in [3.63, 3.8) is 0 Å². The van der Waals surface area contributed by atoms with Crippen molar-refractivity contribution in [1.29, 1.82) is 0 Å². The van der Waals surface area contributed by atoms with Gasteiger partial charge in [-0.1, -0.05) is 0 Å². The number of carboxylic acids is 1. The summed E-state index contributed by atoms with van der Waals surface area (Å²) in [7, 11) is 0. The minimum atomic E-state index is -1.12. The molecule has 1 aliphatic carbocycles. The second kappa shape index (κ2) is 4.66. The third-order valence-electron chi connectivity index (χ3n) is 1.80. The zero-order valence-corrected chi connectivity index (χ0v) is 7.08. The van der Waals surface area contributed by atoms with E-state index in [1.165, 1.54) is 0 Å². The van der Waals surface area contributed by atoms with E-state index in [0.29, 0.717) is 0 Å². The molecule has 1 saturated carbocycles. The Kier molecular flexibility index (Phi) is 3.51. The number of hydrogen-bond donors (Lipinski definition) is 3. The lowest BCUT2D eigenvalue weighted by molar-refractivity contribution is -0.144. The lowest BCUT2D eigenvalue weighted by atomic mass is 9.93. The van der Waals surface area contributed by atoms with Gasteiger partial charge in [0.15, 0.2) is 6.61 Å². The van der Waals surface area contributed by atoms with Crippen molar-refractivity contribution in [3.8, 4) is 0 Å². The van der Waals surface area contributed by atoms with Crippen molar-refractivity contribution in [3.05, 3.63) is 0 Å². The van der Waals surface area contributed by atoms with Gasteiger partial charge < -0.3 is 10.4 Å². The Labute approximate surface area is 75.2 Å². The summed E-state index contributed by atoms with van der Waals surface area (Å²) in [5, 5.41) is 10.8. The van der Waals surface area contributed by atoms with Crippen molar-refractivity contribution >= 4 is 12.0 Å². The third kappa shape index (κ3) is 3.75. The molecule has 0 radical (unpaired) electrons. The zero-order chi connectivity index (χ0) is 9.68. The summed E-state index contributed by atoms with van der Waals surface area (Å²) >= 11 is 0. The number of hydrogen-bond acceptors (Lipinski definition) is 3. The maximum Gasteiger partial charge on any atom is 0.338 e. The summed E-state index contributed by atoms with van der Waals surface area (Å²) in [6, 6.07) is -0.264. The predicted octanol–water partition coefficient (Wildman–Crippen LogP) is -0.146. The molecule has 6 heteroatoms. The van der Waals surface area contributed by atoms with Gasteiger partial charge in [-0.15, -0.1) is 0 Å². The van der Waals surface area contributed by atoms with Crippen molar-refractivity contribution < 1.29 is 19.5 Å². The van der Waals surface area contributed by atoms with Crippen LogP contribution < -0.4 is 10.8 Å². The molecule has 0 aromatic heterocycles. The van der Waals surface area contributed by atoms with Crippen molar-refractivity contribution in [2.24, 2.45) is 0 Å². The van der Waals surface area contributed by atoms with Crippen LogP contribution in [0.15, 0.2) is 0 Å². The lowest BCUT2D eigenvalue weighted by Crippen LogP contribution is -2.45. The average Bonchev–Trinajstić information content (AvgIpc) is 1.96. The molecule has 0 heterocycles. The number of nitrogens with one attached hydrogen (secondary N) is 2. The highest BCUT2D eigenvalue weighted by atomic mass is 16.7. The summed E-state index contributed by atoms with van der Waals surface area (Å²) in [6.07, 6.45) is 3.08. The molecule has 74 valence electrons. The molecule has 6 nitrogen and oxygen atoms in total. The minimum Gasteiger partial charge on any atom is -0.479 e. The Hall–Kier alpha value is -1.30. The van der Waals surface area contributed by atoms with E-state index in [9.17, 15) is 9.59 Å². The minimum absolute atomic E-state index is 0.216. The standard InChI is InChI=1S/C7H12N2O4/c10-6(11)4-13-9-7(12)8-5-2-1-3-5/h5H,1-4H2,(H,10,11)(H2,8,9,12). The summed E-state index contributed by atoms with van der Waals surface area (Å²) < 4.78 is 0. The molecule has 0 saturated heterocycles. The SMILES string of the molecule is O=C(O)CONC(=O)NC1CCC1. The van der Waals surface area contributed by atoms with E-state index in [1.54, 1.807) is 0 Å². The second-order valence-corrected chi connectivity index (χ2v) is 2.89. The topological polar surface area (TPSA) is 87.7 Å². The fourth-order valence-electron chi connectivity index (χ4n) is 0.931. The molecule has 0 aliphatic heterocycles. The van der Waals surface area contributed by atoms with Crippen LogP contribution >= 0.6 is 0 Å². The zero-order valence-electron chi connectivity index (χ0n) is 7.08. The molecule has 0 aromatic rings. The van der Waals surface area contributed by atoms with Crippen LogP contribution in [0.1, 0.15) is 19.3 Å². The van der Waals surface area contributed by atoms with Gasteiger partial charge in [0.05, 0.1) is 0 Å². The largest absolute Gasteiger partial charge is 0.479 e. The van der Waals surface area contributed by atoms with E-state index in [4.69, 9.17) is 5.11 Å². The van der Waals surface area contributed by atoms with Crippen LogP contribution in [-0.4, -0.2) is 29.8 Å². The third-order valence-corrected chi connectivity index (χ3v) is 1.80. The molecule has 1 rings (SSSR count). The highest BCUT2D eigenvalue weighted by Crippen LogP contribution is 2.17. The Morgan fingerprint density at radius 2 is 2.15 bits per heavy atom. The number of rotatable bonds is 4. The maximum absolute atomic E-state index is 10.9. The lowest BCUT2D eigenvalue weighted by Gasteiger charge is -2.26. The van der Waals surface area contributed by atoms with E-state index in [0.717, 1.165) is 19.3 Å². The van der Waals surface area contributed by atoms with Crippen LogP contribution in [0, 0.1) is 0 Å². The van der Waals surface area contributed by atoms with Crippen molar-refractivity contribution in [1.82, 2.24) is 10.8 Å². The molecule has 0 unspecified atom stereocenters. The Balaban J connectivity index is 2.00. The summed E-state index contributed by atoms with van der Waals surface area (Å²) in [4.78, 5) is 25.2. The normalized spacial score (nSPS) is 16.0. The Bertz CT molecular complexity index is 203. The monoisotopic (exact) mass is 188 g/mol. The first-order valence-corrected chi connectivity index (χ1v) is 4.08. The molecular formula is C7H12N2O4. The highest BCUT2D eigenvalue weighted by Gasteiger charge is 2.19. The maximum atomic E-state index is 10.9. The summed E-state index contributed by atoms with van der Waals surface area (Å²) in [6.45, 7) is -0.530. The first kappa shape index (κ1) is 9.79. The molecular weight excluding hydrogens is 176 g/mol. The van der Waals surface area contributed by atoms with Crippen LogP contribution in [-0.2, 0) is 9.63 Å². The molecule has 0 aromatic carbocycles. The fraction of sp³-hybridized carbons (Fsp3) is 0.714. The number of carbonyl (C=O) groups is 2. The molecule has 1 aliphatic rings. The van der Waals surface area contributed by atoms with Crippen LogP contribution in [0.4, 0.5) is 4.79 Å². The molecule has 13 heavy (non-hydrogen) atoms. The van der Waals surface area contributed by atoms with Gasteiger partial charge in [0.2, 0.25) is 0 Å². The first-order chi connectivity index (χ1) is 6.18. The van der Waals surface area contributed by atoms with Gasteiger partial charge in [-0.3, -0.25) is 4.84 Å². The van der Waals surface area contributed by atoms with Crippen LogP contribution in [0.5, 0.6) is 0 Å².